The van der Waals surface area contributed by atoms with Gasteiger partial charge in [0.2, 0.25) is 0 Å². The van der Waals surface area contributed by atoms with Gasteiger partial charge in [0, 0.05) is 12.1 Å². The molecule has 0 fully saturated rings. The van der Waals surface area contributed by atoms with Crippen molar-refractivity contribution >= 4 is 17.6 Å². The van der Waals surface area contributed by atoms with Gasteiger partial charge in [-0.15, -0.1) is 0 Å². The zero-order valence-electron chi connectivity index (χ0n) is 13.1. The molecule has 4 heteroatoms. The second kappa shape index (κ2) is 7.62. The van der Waals surface area contributed by atoms with Crippen LogP contribution in [0.4, 0.5) is 10.5 Å². The van der Waals surface area contributed by atoms with E-state index in [1.807, 2.05) is 31.2 Å². The maximum Gasteiger partial charge on any atom is 0.415 e. The van der Waals surface area contributed by atoms with Crippen molar-refractivity contribution in [2.45, 2.75) is 39.7 Å². The van der Waals surface area contributed by atoms with Gasteiger partial charge < -0.3 is 4.74 Å². The second-order valence-electron chi connectivity index (χ2n) is 5.71. The Morgan fingerprint density at radius 1 is 1.19 bits per heavy atom. The van der Waals surface area contributed by atoms with Crippen molar-refractivity contribution in [2.75, 3.05) is 11.4 Å². The molecule has 1 aromatic carbocycles. The van der Waals surface area contributed by atoms with Crippen LogP contribution in [-0.4, -0.2) is 24.0 Å². The zero-order valence-corrected chi connectivity index (χ0v) is 13.1. The molecule has 0 bridgehead atoms. The van der Waals surface area contributed by atoms with Crippen molar-refractivity contribution < 1.29 is 14.3 Å². The summed E-state index contributed by atoms with van der Waals surface area (Å²) < 4.78 is 5.38. The Bertz CT molecular complexity index is 501. The molecule has 21 heavy (non-hydrogen) atoms. The molecule has 1 aromatic rings. The van der Waals surface area contributed by atoms with E-state index in [2.05, 4.69) is 0 Å². The first kappa shape index (κ1) is 17.0. The Balaban J connectivity index is 2.90. The first-order valence-corrected chi connectivity index (χ1v) is 7.02. The third kappa shape index (κ3) is 6.25. The van der Waals surface area contributed by atoms with Crippen molar-refractivity contribution in [2.24, 2.45) is 0 Å². The quantitative estimate of drug-likeness (QED) is 0.771. The van der Waals surface area contributed by atoms with Gasteiger partial charge in [-0.3, -0.25) is 9.69 Å². The average Bonchev–Trinajstić information content (AvgIpc) is 2.41. The number of nitrogens with zero attached hydrogens (tertiary/aromatic N) is 1. The molecule has 0 saturated carbocycles. The van der Waals surface area contributed by atoms with E-state index in [-0.39, 0.29) is 12.3 Å². The maximum absolute atomic E-state index is 12.3. The Hall–Kier alpha value is -2.10. The van der Waals surface area contributed by atoms with Crippen molar-refractivity contribution in [3.63, 3.8) is 0 Å². The summed E-state index contributed by atoms with van der Waals surface area (Å²) in [6.07, 6.45) is 3.39. The van der Waals surface area contributed by atoms with Crippen LogP contribution in [0.15, 0.2) is 42.5 Å². The third-order valence-electron chi connectivity index (χ3n) is 2.60. The Morgan fingerprint density at radius 3 is 2.33 bits per heavy atom. The van der Waals surface area contributed by atoms with Gasteiger partial charge in [-0.2, -0.15) is 0 Å². The lowest BCUT2D eigenvalue weighted by Gasteiger charge is -2.27. The number of para-hydroxylation sites is 1. The van der Waals surface area contributed by atoms with Gasteiger partial charge >= 0.3 is 6.09 Å². The molecule has 0 unspecified atom stereocenters. The summed E-state index contributed by atoms with van der Waals surface area (Å²) in [5.74, 6) is -0.0391. The van der Waals surface area contributed by atoms with Gasteiger partial charge in [0.15, 0.2) is 5.78 Å². The van der Waals surface area contributed by atoms with Crippen LogP contribution in [0.3, 0.4) is 0 Å². The largest absolute Gasteiger partial charge is 0.443 e. The average molecular weight is 289 g/mol. The lowest BCUT2D eigenvalue weighted by atomic mass is 10.2. The van der Waals surface area contributed by atoms with Gasteiger partial charge in [0.05, 0.1) is 6.54 Å². The van der Waals surface area contributed by atoms with E-state index in [9.17, 15) is 9.59 Å². The predicted octanol–water partition coefficient (Wildman–Crippen LogP) is 3.96. The minimum absolute atomic E-state index is 0.00324. The van der Waals surface area contributed by atoms with E-state index in [0.29, 0.717) is 12.1 Å². The van der Waals surface area contributed by atoms with Crippen molar-refractivity contribution in [1.29, 1.82) is 0 Å². The first-order chi connectivity index (χ1) is 9.83. The summed E-state index contributed by atoms with van der Waals surface area (Å²) in [6.45, 7) is 7.26. The molecule has 0 radical (unpaired) electrons. The Labute approximate surface area is 126 Å². The smallest absolute Gasteiger partial charge is 0.415 e. The lowest BCUT2D eigenvalue weighted by Crippen LogP contribution is -2.39. The summed E-state index contributed by atoms with van der Waals surface area (Å²) in [5.41, 5.74) is 0.0526. The Kier molecular flexibility index (Phi) is 6.15. The number of ether oxygens (including phenoxy) is 1. The number of benzene rings is 1. The highest BCUT2D eigenvalue weighted by Crippen LogP contribution is 2.18. The summed E-state index contributed by atoms with van der Waals surface area (Å²) in [5, 5.41) is 0. The molecular formula is C17H23NO3. The molecular weight excluding hydrogens is 266 g/mol. The van der Waals surface area contributed by atoms with Gasteiger partial charge in [0.25, 0.3) is 0 Å². The highest BCUT2D eigenvalue weighted by atomic mass is 16.6. The molecule has 0 aromatic heterocycles. The third-order valence-corrected chi connectivity index (χ3v) is 2.60. The van der Waals surface area contributed by atoms with Gasteiger partial charge in [0.1, 0.15) is 5.60 Å². The summed E-state index contributed by atoms with van der Waals surface area (Å²) >= 11 is 0. The number of Topliss-reactive ketones (excluding diaryl/α,β-unsaturated/α-hetero) is 1. The molecule has 0 N–H and O–H groups in total. The SMILES string of the molecule is CC=CCC(=O)CN(C(=O)OC(C)(C)C)c1ccccc1. The zero-order chi connectivity index (χ0) is 15.9. The molecule has 0 heterocycles. The number of rotatable bonds is 5. The first-order valence-electron chi connectivity index (χ1n) is 7.02. The van der Waals surface area contributed by atoms with E-state index >= 15 is 0 Å². The topological polar surface area (TPSA) is 46.6 Å². The van der Waals surface area contributed by atoms with Crippen LogP contribution in [0.1, 0.15) is 34.1 Å². The van der Waals surface area contributed by atoms with Crippen LogP contribution < -0.4 is 4.90 Å². The number of hydrogen-bond donors (Lipinski definition) is 0. The fraction of sp³-hybridized carbons (Fsp3) is 0.412. The molecule has 0 spiro atoms. The number of allylic oxidation sites excluding steroid dienone is 2. The summed E-state index contributed by atoms with van der Waals surface area (Å²) in [7, 11) is 0. The summed E-state index contributed by atoms with van der Waals surface area (Å²) in [4.78, 5) is 25.6. The molecule has 0 atom stereocenters. The molecule has 0 aliphatic carbocycles. The van der Waals surface area contributed by atoms with Crippen LogP contribution >= 0.6 is 0 Å². The summed E-state index contributed by atoms with van der Waals surface area (Å²) in [6, 6.07) is 9.07. The van der Waals surface area contributed by atoms with E-state index in [1.54, 1.807) is 39.0 Å². The van der Waals surface area contributed by atoms with Crippen LogP contribution in [0.25, 0.3) is 0 Å². The molecule has 0 saturated heterocycles. The van der Waals surface area contributed by atoms with Crippen LogP contribution in [0, 0.1) is 0 Å². The lowest BCUT2D eigenvalue weighted by molar-refractivity contribution is -0.117. The van der Waals surface area contributed by atoms with Crippen molar-refractivity contribution in [3.8, 4) is 0 Å². The molecule has 0 aliphatic heterocycles. The van der Waals surface area contributed by atoms with Gasteiger partial charge in [-0.05, 0) is 39.8 Å². The van der Waals surface area contributed by atoms with Gasteiger partial charge in [-0.25, -0.2) is 4.79 Å². The van der Waals surface area contributed by atoms with Crippen molar-refractivity contribution in [1.82, 2.24) is 0 Å². The van der Waals surface area contributed by atoms with Crippen LogP contribution in [-0.2, 0) is 9.53 Å². The number of carbonyl (C=O) groups excluding carboxylic acids is 2. The van der Waals surface area contributed by atoms with E-state index in [4.69, 9.17) is 4.74 Å². The minimum Gasteiger partial charge on any atom is -0.443 e. The van der Waals surface area contributed by atoms with Crippen LogP contribution in [0.2, 0.25) is 0 Å². The maximum atomic E-state index is 12.3. The van der Waals surface area contributed by atoms with Crippen LogP contribution in [0.5, 0.6) is 0 Å². The Morgan fingerprint density at radius 2 is 1.81 bits per heavy atom. The molecule has 114 valence electrons. The molecule has 0 aliphatic rings. The standard InChI is InChI=1S/C17H23NO3/c1-5-6-12-15(19)13-18(14-10-8-7-9-11-14)16(20)21-17(2,3)4/h5-11H,12-13H2,1-4H3. The van der Waals surface area contributed by atoms with E-state index < -0.39 is 11.7 Å². The minimum atomic E-state index is -0.601. The number of hydrogen-bond acceptors (Lipinski definition) is 3. The monoisotopic (exact) mass is 289 g/mol. The van der Waals surface area contributed by atoms with E-state index in [0.717, 1.165) is 0 Å². The predicted molar refractivity (Wildman–Crippen MR) is 84.5 cm³/mol. The number of ketones is 1. The molecule has 1 amide bonds. The normalized spacial score (nSPS) is 11.4. The fourth-order valence-corrected chi connectivity index (χ4v) is 1.68. The molecule has 4 nitrogen and oxygen atoms in total. The highest BCUT2D eigenvalue weighted by Gasteiger charge is 2.24. The highest BCUT2D eigenvalue weighted by molar-refractivity contribution is 5.96. The second-order valence-corrected chi connectivity index (χ2v) is 5.71. The van der Waals surface area contributed by atoms with Gasteiger partial charge in [-0.1, -0.05) is 30.4 Å². The van der Waals surface area contributed by atoms with Crippen molar-refractivity contribution in [3.05, 3.63) is 42.5 Å². The number of carbonyl (C=O) groups is 2. The number of anilines is 1. The fourth-order valence-electron chi connectivity index (χ4n) is 1.68. The molecule has 1 rings (SSSR count). The van der Waals surface area contributed by atoms with E-state index in [1.165, 1.54) is 4.90 Å². The number of amides is 1.